The van der Waals surface area contributed by atoms with E-state index in [0.29, 0.717) is 26.2 Å². The number of carbonyl (C=O) groups excluding carboxylic acids is 1. The van der Waals surface area contributed by atoms with E-state index in [-0.39, 0.29) is 11.4 Å². The molecule has 1 atom stereocenters. The Bertz CT molecular complexity index is 445. The molecule has 1 fully saturated rings. The minimum absolute atomic E-state index is 0.0363. The standard InChI is InChI=1S/C16H24N2O2/c1-16(2)12-20-11-10-18(16)15(19)14(17)9-8-13-6-4-3-5-7-13/h3-7,14H,8-12,17H2,1-2H3/t14-/m0/s1. The van der Waals surface area contributed by atoms with Crippen LogP contribution in [0, 0.1) is 0 Å². The molecule has 1 aliphatic rings. The highest BCUT2D eigenvalue weighted by molar-refractivity contribution is 5.82. The van der Waals surface area contributed by atoms with E-state index in [0.717, 1.165) is 6.42 Å². The lowest BCUT2D eigenvalue weighted by molar-refractivity contribution is -0.147. The number of ether oxygens (including phenoxy) is 1. The van der Waals surface area contributed by atoms with Crippen LogP contribution in [0.5, 0.6) is 0 Å². The van der Waals surface area contributed by atoms with Crippen molar-refractivity contribution in [2.45, 2.75) is 38.3 Å². The summed E-state index contributed by atoms with van der Waals surface area (Å²) in [7, 11) is 0. The van der Waals surface area contributed by atoms with Crippen LogP contribution in [0.1, 0.15) is 25.8 Å². The third kappa shape index (κ3) is 3.58. The molecular weight excluding hydrogens is 252 g/mol. The van der Waals surface area contributed by atoms with Crippen molar-refractivity contribution >= 4 is 5.91 Å². The Hall–Kier alpha value is -1.39. The Morgan fingerprint density at radius 3 is 2.75 bits per heavy atom. The molecule has 4 heteroatoms. The highest BCUT2D eigenvalue weighted by atomic mass is 16.5. The SMILES string of the molecule is CC1(C)COCCN1C(=O)[C@@H](N)CCc1ccccc1. The molecule has 2 rings (SSSR count). The fourth-order valence-electron chi connectivity index (χ4n) is 2.56. The topological polar surface area (TPSA) is 55.6 Å². The van der Waals surface area contributed by atoms with Gasteiger partial charge >= 0.3 is 0 Å². The molecule has 1 aromatic rings. The average Bonchev–Trinajstić information content (AvgIpc) is 2.44. The number of amides is 1. The van der Waals surface area contributed by atoms with Gasteiger partial charge in [0.25, 0.3) is 0 Å². The van der Waals surface area contributed by atoms with Gasteiger partial charge in [0, 0.05) is 6.54 Å². The third-order valence-electron chi connectivity index (χ3n) is 3.82. The van der Waals surface area contributed by atoms with E-state index >= 15 is 0 Å². The number of aryl methyl sites for hydroxylation is 1. The molecule has 0 saturated carbocycles. The number of rotatable bonds is 4. The highest BCUT2D eigenvalue weighted by Crippen LogP contribution is 2.20. The van der Waals surface area contributed by atoms with Crippen molar-refractivity contribution in [3.63, 3.8) is 0 Å². The largest absolute Gasteiger partial charge is 0.377 e. The zero-order chi connectivity index (χ0) is 14.6. The molecule has 0 radical (unpaired) electrons. The van der Waals surface area contributed by atoms with Crippen molar-refractivity contribution in [2.75, 3.05) is 19.8 Å². The molecule has 1 aromatic carbocycles. The Balaban J connectivity index is 1.91. The molecule has 110 valence electrons. The Kier molecular flexibility index (Phi) is 4.78. The van der Waals surface area contributed by atoms with Crippen LogP contribution in [0.2, 0.25) is 0 Å². The summed E-state index contributed by atoms with van der Waals surface area (Å²) in [5, 5.41) is 0. The fourth-order valence-corrected chi connectivity index (χ4v) is 2.56. The molecule has 1 saturated heterocycles. The van der Waals surface area contributed by atoms with Crippen molar-refractivity contribution in [3.05, 3.63) is 35.9 Å². The Morgan fingerprint density at radius 1 is 1.40 bits per heavy atom. The first kappa shape index (κ1) is 15.0. The highest BCUT2D eigenvalue weighted by Gasteiger charge is 2.35. The summed E-state index contributed by atoms with van der Waals surface area (Å²) in [6.45, 7) is 5.84. The summed E-state index contributed by atoms with van der Waals surface area (Å²) in [5.74, 6) is 0.0363. The van der Waals surface area contributed by atoms with Gasteiger partial charge in [-0.25, -0.2) is 0 Å². The van der Waals surface area contributed by atoms with Crippen molar-refractivity contribution in [1.29, 1.82) is 0 Å². The first-order valence-corrected chi connectivity index (χ1v) is 7.19. The lowest BCUT2D eigenvalue weighted by Crippen LogP contribution is -2.59. The lowest BCUT2D eigenvalue weighted by atomic mass is 9.99. The molecule has 0 bridgehead atoms. The summed E-state index contributed by atoms with van der Waals surface area (Å²) in [6.07, 6.45) is 1.51. The second kappa shape index (κ2) is 6.37. The van der Waals surface area contributed by atoms with Gasteiger partial charge < -0.3 is 15.4 Å². The maximum Gasteiger partial charge on any atom is 0.240 e. The van der Waals surface area contributed by atoms with E-state index in [4.69, 9.17) is 10.5 Å². The second-order valence-electron chi connectivity index (χ2n) is 5.99. The molecule has 0 unspecified atom stereocenters. The summed E-state index contributed by atoms with van der Waals surface area (Å²) < 4.78 is 5.44. The Morgan fingerprint density at radius 2 is 2.10 bits per heavy atom. The lowest BCUT2D eigenvalue weighted by Gasteiger charge is -2.43. The predicted molar refractivity (Wildman–Crippen MR) is 79.3 cm³/mol. The number of benzene rings is 1. The molecule has 1 amide bonds. The van der Waals surface area contributed by atoms with Crippen molar-refractivity contribution in [2.24, 2.45) is 5.73 Å². The second-order valence-corrected chi connectivity index (χ2v) is 5.99. The van der Waals surface area contributed by atoms with Crippen LogP contribution in [0.4, 0.5) is 0 Å². The summed E-state index contributed by atoms with van der Waals surface area (Å²) in [5.41, 5.74) is 7.04. The van der Waals surface area contributed by atoms with Gasteiger partial charge in [-0.05, 0) is 32.3 Å². The van der Waals surface area contributed by atoms with Gasteiger partial charge in [-0.2, -0.15) is 0 Å². The van der Waals surface area contributed by atoms with E-state index in [9.17, 15) is 4.79 Å². The number of hydrogen-bond donors (Lipinski definition) is 1. The summed E-state index contributed by atoms with van der Waals surface area (Å²) >= 11 is 0. The number of hydrogen-bond acceptors (Lipinski definition) is 3. The zero-order valence-electron chi connectivity index (χ0n) is 12.3. The molecule has 20 heavy (non-hydrogen) atoms. The number of morpholine rings is 1. The van der Waals surface area contributed by atoms with Crippen LogP contribution in [-0.2, 0) is 16.0 Å². The minimum atomic E-state index is -0.437. The maximum absolute atomic E-state index is 12.5. The van der Waals surface area contributed by atoms with Gasteiger partial charge in [-0.3, -0.25) is 4.79 Å². The van der Waals surface area contributed by atoms with Gasteiger partial charge in [0.15, 0.2) is 0 Å². The van der Waals surface area contributed by atoms with Crippen LogP contribution in [0.15, 0.2) is 30.3 Å². The average molecular weight is 276 g/mol. The first-order valence-electron chi connectivity index (χ1n) is 7.19. The van der Waals surface area contributed by atoms with Crippen molar-refractivity contribution in [3.8, 4) is 0 Å². The van der Waals surface area contributed by atoms with Crippen LogP contribution in [0.3, 0.4) is 0 Å². The van der Waals surface area contributed by atoms with Crippen LogP contribution < -0.4 is 5.73 Å². The molecule has 1 heterocycles. The molecule has 0 aromatic heterocycles. The minimum Gasteiger partial charge on any atom is -0.377 e. The molecular formula is C16H24N2O2. The quantitative estimate of drug-likeness (QED) is 0.908. The van der Waals surface area contributed by atoms with Crippen molar-refractivity contribution < 1.29 is 9.53 Å². The summed E-state index contributed by atoms with van der Waals surface area (Å²) in [6, 6.07) is 9.70. The molecule has 0 spiro atoms. The van der Waals surface area contributed by atoms with E-state index in [2.05, 4.69) is 12.1 Å². The molecule has 2 N–H and O–H groups in total. The van der Waals surface area contributed by atoms with Crippen LogP contribution in [-0.4, -0.2) is 42.1 Å². The van der Waals surface area contributed by atoms with Gasteiger partial charge in [-0.15, -0.1) is 0 Å². The number of nitrogens with two attached hydrogens (primary N) is 1. The van der Waals surface area contributed by atoms with E-state index in [1.54, 1.807) is 0 Å². The van der Waals surface area contributed by atoms with Crippen LogP contribution in [0.25, 0.3) is 0 Å². The van der Waals surface area contributed by atoms with E-state index in [1.165, 1.54) is 5.56 Å². The smallest absolute Gasteiger partial charge is 0.240 e. The van der Waals surface area contributed by atoms with Crippen molar-refractivity contribution in [1.82, 2.24) is 4.90 Å². The van der Waals surface area contributed by atoms with Gasteiger partial charge in [0.2, 0.25) is 5.91 Å². The normalized spacial score (nSPS) is 19.6. The van der Waals surface area contributed by atoms with Crippen LogP contribution >= 0.6 is 0 Å². The molecule has 1 aliphatic heterocycles. The van der Waals surface area contributed by atoms with Gasteiger partial charge in [0.1, 0.15) is 0 Å². The van der Waals surface area contributed by atoms with Gasteiger partial charge in [-0.1, -0.05) is 30.3 Å². The van der Waals surface area contributed by atoms with E-state index in [1.807, 2.05) is 36.9 Å². The molecule has 0 aliphatic carbocycles. The van der Waals surface area contributed by atoms with E-state index < -0.39 is 6.04 Å². The Labute approximate surface area is 120 Å². The maximum atomic E-state index is 12.5. The third-order valence-corrected chi connectivity index (χ3v) is 3.82. The first-order chi connectivity index (χ1) is 9.50. The zero-order valence-corrected chi connectivity index (χ0v) is 12.3. The summed E-state index contributed by atoms with van der Waals surface area (Å²) in [4.78, 5) is 14.3. The fraction of sp³-hybridized carbons (Fsp3) is 0.562. The monoisotopic (exact) mass is 276 g/mol. The van der Waals surface area contributed by atoms with Gasteiger partial charge in [0.05, 0.1) is 24.8 Å². The predicted octanol–water partition coefficient (Wildman–Crippen LogP) is 1.58. The molecule has 4 nitrogen and oxygen atoms in total. The number of nitrogens with zero attached hydrogens (tertiary/aromatic N) is 1. The number of carbonyl (C=O) groups is 1.